The number of fused-ring (bicyclic) bond motifs is 2. The van der Waals surface area contributed by atoms with Gasteiger partial charge < -0.3 is 9.64 Å². The van der Waals surface area contributed by atoms with E-state index in [1.807, 2.05) is 0 Å². The van der Waals surface area contributed by atoms with Crippen molar-refractivity contribution in [3.05, 3.63) is 29.8 Å². The average Bonchev–Trinajstić information content (AvgIpc) is 2.51. The average molecular weight is 203 g/mol. The van der Waals surface area contributed by atoms with Crippen LogP contribution in [0.2, 0.25) is 0 Å². The molecular formula is C13H17NO. The van der Waals surface area contributed by atoms with Crippen molar-refractivity contribution in [3.8, 4) is 0 Å². The minimum atomic E-state index is 0.617. The Kier molecular flexibility index (Phi) is 2.17. The zero-order chi connectivity index (χ0) is 10.3. The van der Waals surface area contributed by atoms with Gasteiger partial charge in [-0.15, -0.1) is 0 Å². The number of benzene rings is 1. The summed E-state index contributed by atoms with van der Waals surface area (Å²) in [5.41, 5.74) is 2.70. The Labute approximate surface area is 90.8 Å². The predicted octanol–water partition coefficient (Wildman–Crippen LogP) is 2.36. The molecule has 2 fully saturated rings. The molecule has 2 atom stereocenters. The fourth-order valence-corrected chi connectivity index (χ4v) is 2.77. The van der Waals surface area contributed by atoms with Gasteiger partial charge in [-0.1, -0.05) is 17.7 Å². The van der Waals surface area contributed by atoms with Crippen molar-refractivity contribution in [1.82, 2.24) is 0 Å². The number of anilines is 1. The van der Waals surface area contributed by atoms with E-state index in [0.29, 0.717) is 12.1 Å². The molecule has 2 nitrogen and oxygen atoms in total. The molecule has 0 aromatic heterocycles. The SMILES string of the molecule is Cc1ccc(N2C3CCC2COC3)cc1. The molecule has 2 bridgehead atoms. The Balaban J connectivity index is 1.90. The largest absolute Gasteiger partial charge is 0.377 e. The quantitative estimate of drug-likeness (QED) is 0.694. The molecule has 0 spiro atoms. The lowest BCUT2D eigenvalue weighted by Gasteiger charge is -2.36. The van der Waals surface area contributed by atoms with Crippen molar-refractivity contribution in [2.75, 3.05) is 18.1 Å². The van der Waals surface area contributed by atoms with E-state index in [0.717, 1.165) is 13.2 Å². The van der Waals surface area contributed by atoms with Crippen LogP contribution in [0.25, 0.3) is 0 Å². The first-order valence-electron chi connectivity index (χ1n) is 5.77. The summed E-state index contributed by atoms with van der Waals surface area (Å²) in [6.07, 6.45) is 2.58. The second kappa shape index (κ2) is 3.53. The Morgan fingerprint density at radius 3 is 2.27 bits per heavy atom. The minimum absolute atomic E-state index is 0.617. The standard InChI is InChI=1S/C13H17NO/c1-10-2-4-11(5-3-10)14-12-6-7-13(14)9-15-8-12/h2-5,12-13H,6-9H2,1H3. The Morgan fingerprint density at radius 1 is 1.07 bits per heavy atom. The molecule has 0 radical (unpaired) electrons. The van der Waals surface area contributed by atoms with Gasteiger partial charge in [0.15, 0.2) is 0 Å². The van der Waals surface area contributed by atoms with Crippen molar-refractivity contribution in [2.24, 2.45) is 0 Å². The molecule has 2 aliphatic rings. The van der Waals surface area contributed by atoms with Gasteiger partial charge in [0.05, 0.1) is 25.3 Å². The van der Waals surface area contributed by atoms with Gasteiger partial charge in [0.1, 0.15) is 0 Å². The molecule has 80 valence electrons. The van der Waals surface area contributed by atoms with Crippen LogP contribution in [0.4, 0.5) is 5.69 Å². The van der Waals surface area contributed by atoms with Gasteiger partial charge in [-0.2, -0.15) is 0 Å². The van der Waals surface area contributed by atoms with Crippen molar-refractivity contribution in [3.63, 3.8) is 0 Å². The maximum atomic E-state index is 5.59. The second-order valence-corrected chi connectivity index (χ2v) is 4.67. The number of aryl methyl sites for hydroxylation is 1. The maximum Gasteiger partial charge on any atom is 0.0671 e. The monoisotopic (exact) mass is 203 g/mol. The van der Waals surface area contributed by atoms with E-state index in [-0.39, 0.29) is 0 Å². The lowest BCUT2D eigenvalue weighted by atomic mass is 10.1. The number of hydrogen-bond acceptors (Lipinski definition) is 2. The molecule has 0 saturated carbocycles. The first-order valence-corrected chi connectivity index (χ1v) is 5.77. The third-order valence-electron chi connectivity index (χ3n) is 3.57. The van der Waals surface area contributed by atoms with Crippen LogP contribution >= 0.6 is 0 Å². The van der Waals surface area contributed by atoms with Crippen molar-refractivity contribution >= 4 is 5.69 Å². The van der Waals surface area contributed by atoms with Gasteiger partial charge in [-0.25, -0.2) is 0 Å². The van der Waals surface area contributed by atoms with Crippen LogP contribution in [-0.2, 0) is 4.74 Å². The summed E-state index contributed by atoms with van der Waals surface area (Å²) in [5, 5.41) is 0. The van der Waals surface area contributed by atoms with Crippen LogP contribution < -0.4 is 4.90 Å². The highest BCUT2D eigenvalue weighted by Crippen LogP contribution is 2.33. The van der Waals surface area contributed by atoms with Gasteiger partial charge in [0, 0.05) is 5.69 Å². The molecule has 2 unspecified atom stereocenters. The van der Waals surface area contributed by atoms with Crippen LogP contribution in [0.5, 0.6) is 0 Å². The molecule has 0 N–H and O–H groups in total. The number of morpholine rings is 1. The first kappa shape index (κ1) is 9.22. The second-order valence-electron chi connectivity index (χ2n) is 4.67. The molecule has 2 aliphatic heterocycles. The molecule has 15 heavy (non-hydrogen) atoms. The van der Waals surface area contributed by atoms with Crippen LogP contribution in [0.3, 0.4) is 0 Å². The highest BCUT2D eigenvalue weighted by molar-refractivity contribution is 5.51. The van der Waals surface area contributed by atoms with Gasteiger partial charge >= 0.3 is 0 Å². The van der Waals surface area contributed by atoms with Crippen molar-refractivity contribution < 1.29 is 4.74 Å². The van der Waals surface area contributed by atoms with E-state index in [2.05, 4.69) is 36.1 Å². The minimum Gasteiger partial charge on any atom is -0.377 e. The van der Waals surface area contributed by atoms with Crippen molar-refractivity contribution in [1.29, 1.82) is 0 Å². The van der Waals surface area contributed by atoms with Crippen LogP contribution in [0.15, 0.2) is 24.3 Å². The highest BCUT2D eigenvalue weighted by Gasteiger charge is 2.37. The predicted molar refractivity (Wildman–Crippen MR) is 61.3 cm³/mol. The van der Waals surface area contributed by atoms with Gasteiger partial charge in [-0.05, 0) is 31.9 Å². The summed E-state index contributed by atoms with van der Waals surface area (Å²) in [4.78, 5) is 2.56. The summed E-state index contributed by atoms with van der Waals surface area (Å²) >= 11 is 0. The summed E-state index contributed by atoms with van der Waals surface area (Å²) in [5.74, 6) is 0. The van der Waals surface area contributed by atoms with E-state index >= 15 is 0 Å². The smallest absolute Gasteiger partial charge is 0.0671 e. The fraction of sp³-hybridized carbons (Fsp3) is 0.538. The molecule has 3 rings (SSSR count). The van der Waals surface area contributed by atoms with E-state index in [1.165, 1.54) is 24.1 Å². The van der Waals surface area contributed by atoms with Crippen LogP contribution in [-0.4, -0.2) is 25.3 Å². The highest BCUT2D eigenvalue weighted by atomic mass is 16.5. The van der Waals surface area contributed by atoms with Gasteiger partial charge in [-0.3, -0.25) is 0 Å². The van der Waals surface area contributed by atoms with Crippen LogP contribution in [0.1, 0.15) is 18.4 Å². The maximum absolute atomic E-state index is 5.59. The van der Waals surface area contributed by atoms with E-state index < -0.39 is 0 Å². The molecule has 1 aromatic carbocycles. The number of nitrogens with zero attached hydrogens (tertiary/aromatic N) is 1. The van der Waals surface area contributed by atoms with Crippen molar-refractivity contribution in [2.45, 2.75) is 31.8 Å². The molecule has 1 aromatic rings. The zero-order valence-electron chi connectivity index (χ0n) is 9.15. The van der Waals surface area contributed by atoms with Gasteiger partial charge in [0.2, 0.25) is 0 Å². The lowest BCUT2D eigenvalue weighted by molar-refractivity contribution is 0.0906. The first-order chi connectivity index (χ1) is 7.34. The molecule has 2 saturated heterocycles. The summed E-state index contributed by atoms with van der Waals surface area (Å²) < 4.78 is 5.59. The summed E-state index contributed by atoms with van der Waals surface area (Å²) in [7, 11) is 0. The Bertz CT molecular complexity index is 330. The number of hydrogen-bond donors (Lipinski definition) is 0. The van der Waals surface area contributed by atoms with E-state index in [4.69, 9.17) is 4.74 Å². The summed E-state index contributed by atoms with van der Waals surface area (Å²) in [6.45, 7) is 3.95. The van der Waals surface area contributed by atoms with E-state index in [1.54, 1.807) is 0 Å². The molecule has 0 amide bonds. The van der Waals surface area contributed by atoms with Crippen LogP contribution in [0, 0.1) is 6.92 Å². The zero-order valence-corrected chi connectivity index (χ0v) is 9.15. The molecular weight excluding hydrogens is 186 g/mol. The third-order valence-corrected chi connectivity index (χ3v) is 3.57. The summed E-state index contributed by atoms with van der Waals surface area (Å²) in [6, 6.07) is 10.1. The molecule has 2 heterocycles. The third kappa shape index (κ3) is 1.53. The Morgan fingerprint density at radius 2 is 1.67 bits per heavy atom. The fourth-order valence-electron chi connectivity index (χ4n) is 2.77. The topological polar surface area (TPSA) is 12.5 Å². The number of rotatable bonds is 1. The normalized spacial score (nSPS) is 29.5. The number of ether oxygens (including phenoxy) is 1. The van der Waals surface area contributed by atoms with E-state index in [9.17, 15) is 0 Å². The Hall–Kier alpha value is -1.02. The lowest BCUT2D eigenvalue weighted by Crippen LogP contribution is -2.45. The molecule has 2 heteroatoms. The molecule has 0 aliphatic carbocycles. The van der Waals surface area contributed by atoms with Gasteiger partial charge in [0.25, 0.3) is 0 Å².